The molecule has 3 N–H and O–H groups in total. The number of nitrogens with two attached hydrogens (primary N) is 1. The molecule has 1 aliphatic rings. The average molecular weight is 315 g/mol. The smallest absolute Gasteiger partial charge is 0.237 e. The van der Waals surface area contributed by atoms with Gasteiger partial charge in [0.25, 0.3) is 0 Å². The summed E-state index contributed by atoms with van der Waals surface area (Å²) >= 11 is 0. The van der Waals surface area contributed by atoms with Crippen LogP contribution in [0.3, 0.4) is 0 Å². The van der Waals surface area contributed by atoms with Crippen LogP contribution in [0.15, 0.2) is 41.0 Å². The molecule has 6 nitrogen and oxygen atoms in total. The fraction of sp³-hybridized carbons (Fsp3) is 0.412. The van der Waals surface area contributed by atoms with E-state index >= 15 is 0 Å². The molecule has 1 unspecified atom stereocenters. The van der Waals surface area contributed by atoms with Crippen molar-refractivity contribution in [1.29, 1.82) is 0 Å². The third-order valence-electron chi connectivity index (χ3n) is 4.09. The Morgan fingerprint density at radius 2 is 2.04 bits per heavy atom. The third-order valence-corrected chi connectivity index (χ3v) is 4.09. The molecule has 0 radical (unpaired) electrons. The van der Waals surface area contributed by atoms with Crippen LogP contribution < -0.4 is 11.1 Å². The first-order valence-electron chi connectivity index (χ1n) is 7.85. The minimum Gasteiger partial charge on any atom is -0.444 e. The van der Waals surface area contributed by atoms with Crippen LogP contribution in [-0.2, 0) is 16.1 Å². The molecular weight excluding hydrogens is 294 g/mol. The van der Waals surface area contributed by atoms with Gasteiger partial charge in [0.2, 0.25) is 11.8 Å². The highest BCUT2D eigenvalue weighted by Gasteiger charge is 2.26. The van der Waals surface area contributed by atoms with Crippen molar-refractivity contribution in [3.8, 4) is 11.5 Å². The van der Waals surface area contributed by atoms with Crippen molar-refractivity contribution in [1.82, 2.24) is 10.3 Å². The molecule has 1 aromatic carbocycles. The monoisotopic (exact) mass is 315 g/mol. The van der Waals surface area contributed by atoms with Crippen molar-refractivity contribution in [3.05, 3.63) is 42.3 Å². The normalized spacial score (nSPS) is 16.9. The summed E-state index contributed by atoms with van der Waals surface area (Å²) in [5.74, 6) is 0.575. The van der Waals surface area contributed by atoms with Gasteiger partial charge in [0.05, 0.1) is 18.3 Å². The number of hydrogen-bond acceptors (Lipinski definition) is 5. The first-order chi connectivity index (χ1) is 11.2. The molecule has 2 aromatic rings. The lowest BCUT2D eigenvalue weighted by atomic mass is 9.92. The number of oxazole rings is 1. The Kier molecular flexibility index (Phi) is 5.05. The maximum absolute atomic E-state index is 12.2. The van der Waals surface area contributed by atoms with E-state index in [0.717, 1.165) is 18.4 Å². The van der Waals surface area contributed by atoms with Crippen molar-refractivity contribution < 1.29 is 13.9 Å². The van der Waals surface area contributed by atoms with Gasteiger partial charge in [-0.1, -0.05) is 18.2 Å². The quantitative estimate of drug-likeness (QED) is 0.876. The molecule has 6 heteroatoms. The Labute approximate surface area is 135 Å². The molecule has 0 bridgehead atoms. The van der Waals surface area contributed by atoms with E-state index in [1.165, 1.54) is 0 Å². The topological polar surface area (TPSA) is 90.4 Å². The van der Waals surface area contributed by atoms with E-state index in [1.54, 1.807) is 6.26 Å². The van der Waals surface area contributed by atoms with Crippen LogP contribution in [-0.4, -0.2) is 30.1 Å². The lowest BCUT2D eigenvalue weighted by Crippen LogP contribution is -2.46. The van der Waals surface area contributed by atoms with E-state index in [1.807, 2.05) is 30.3 Å². The molecule has 0 spiro atoms. The van der Waals surface area contributed by atoms with E-state index in [4.69, 9.17) is 14.9 Å². The molecule has 122 valence electrons. The van der Waals surface area contributed by atoms with Crippen molar-refractivity contribution in [3.63, 3.8) is 0 Å². The van der Waals surface area contributed by atoms with Crippen LogP contribution >= 0.6 is 0 Å². The van der Waals surface area contributed by atoms with Crippen LogP contribution in [0.1, 0.15) is 18.5 Å². The average Bonchev–Trinajstić information content (AvgIpc) is 3.09. The van der Waals surface area contributed by atoms with Crippen LogP contribution in [0.4, 0.5) is 0 Å². The minimum atomic E-state index is -0.501. The summed E-state index contributed by atoms with van der Waals surface area (Å²) in [4.78, 5) is 16.5. The standard InChI is InChI=1S/C17H21N3O3/c18-15(12-6-8-22-9-7-12)16(21)19-10-14-11-23-17(20-14)13-4-2-1-3-5-13/h1-5,11-12,15H,6-10,18H2,(H,19,21). The van der Waals surface area contributed by atoms with E-state index in [0.29, 0.717) is 31.3 Å². The van der Waals surface area contributed by atoms with Crippen molar-refractivity contribution in [2.24, 2.45) is 11.7 Å². The Balaban J connectivity index is 1.54. The Bertz CT molecular complexity index is 636. The predicted molar refractivity (Wildman–Crippen MR) is 85.3 cm³/mol. The second-order valence-electron chi connectivity index (χ2n) is 5.70. The highest BCUT2D eigenvalue weighted by atomic mass is 16.5. The van der Waals surface area contributed by atoms with Crippen molar-refractivity contribution >= 4 is 5.91 Å². The summed E-state index contributed by atoms with van der Waals surface area (Å²) in [6.07, 6.45) is 3.22. The molecule has 1 aromatic heterocycles. The van der Waals surface area contributed by atoms with Gasteiger partial charge in [-0.2, -0.15) is 0 Å². The first kappa shape index (κ1) is 15.7. The lowest BCUT2D eigenvalue weighted by Gasteiger charge is -2.26. The number of hydrogen-bond donors (Lipinski definition) is 2. The lowest BCUT2D eigenvalue weighted by molar-refractivity contribution is -0.124. The van der Waals surface area contributed by atoms with Gasteiger partial charge in [0.1, 0.15) is 6.26 Å². The third kappa shape index (κ3) is 3.97. The number of amides is 1. The Hall–Kier alpha value is -2.18. The number of ether oxygens (including phenoxy) is 1. The van der Waals surface area contributed by atoms with Gasteiger partial charge in [0, 0.05) is 18.8 Å². The van der Waals surface area contributed by atoms with Crippen molar-refractivity contribution in [2.75, 3.05) is 13.2 Å². The number of aromatic nitrogens is 1. The fourth-order valence-electron chi connectivity index (χ4n) is 2.69. The van der Waals surface area contributed by atoms with Crippen molar-refractivity contribution in [2.45, 2.75) is 25.4 Å². The molecule has 1 fully saturated rings. The number of rotatable bonds is 5. The zero-order chi connectivity index (χ0) is 16.1. The zero-order valence-electron chi connectivity index (χ0n) is 12.9. The molecule has 2 heterocycles. The number of carbonyl (C=O) groups excluding carboxylic acids is 1. The summed E-state index contributed by atoms with van der Waals surface area (Å²) < 4.78 is 10.7. The van der Waals surface area contributed by atoms with Gasteiger partial charge in [-0.15, -0.1) is 0 Å². The van der Waals surface area contributed by atoms with Crippen LogP contribution in [0.5, 0.6) is 0 Å². The molecule has 23 heavy (non-hydrogen) atoms. The summed E-state index contributed by atoms with van der Waals surface area (Å²) in [6, 6.07) is 9.14. The Morgan fingerprint density at radius 3 is 2.78 bits per heavy atom. The Morgan fingerprint density at radius 1 is 1.30 bits per heavy atom. The highest BCUT2D eigenvalue weighted by molar-refractivity contribution is 5.81. The largest absolute Gasteiger partial charge is 0.444 e. The van der Waals surface area contributed by atoms with Gasteiger partial charge in [-0.05, 0) is 30.9 Å². The molecule has 0 saturated carbocycles. The number of nitrogens with one attached hydrogen (secondary N) is 1. The number of benzene rings is 1. The maximum Gasteiger partial charge on any atom is 0.237 e. The van der Waals surface area contributed by atoms with Crippen LogP contribution in [0, 0.1) is 5.92 Å². The maximum atomic E-state index is 12.2. The number of carbonyl (C=O) groups is 1. The predicted octanol–water partition coefficient (Wildman–Crippen LogP) is 1.71. The van der Waals surface area contributed by atoms with Gasteiger partial charge in [-0.25, -0.2) is 4.98 Å². The summed E-state index contributed by atoms with van der Waals surface area (Å²) in [6.45, 7) is 1.66. The SMILES string of the molecule is NC(C(=O)NCc1coc(-c2ccccc2)n1)C1CCOCC1. The molecule has 1 aliphatic heterocycles. The van der Waals surface area contributed by atoms with Crippen LogP contribution in [0.25, 0.3) is 11.5 Å². The summed E-state index contributed by atoms with van der Waals surface area (Å²) in [5, 5.41) is 2.83. The first-order valence-corrected chi connectivity index (χ1v) is 7.85. The van der Waals surface area contributed by atoms with Gasteiger partial charge < -0.3 is 20.2 Å². The number of nitrogens with zero attached hydrogens (tertiary/aromatic N) is 1. The zero-order valence-corrected chi connectivity index (χ0v) is 12.9. The van der Waals surface area contributed by atoms with E-state index in [2.05, 4.69) is 10.3 Å². The van der Waals surface area contributed by atoms with E-state index in [-0.39, 0.29) is 11.8 Å². The summed E-state index contributed by atoms with van der Waals surface area (Å²) in [5.41, 5.74) is 7.62. The van der Waals surface area contributed by atoms with Gasteiger partial charge in [-0.3, -0.25) is 4.79 Å². The summed E-state index contributed by atoms with van der Waals surface area (Å²) in [7, 11) is 0. The van der Waals surface area contributed by atoms with Gasteiger partial charge in [0.15, 0.2) is 0 Å². The highest BCUT2D eigenvalue weighted by Crippen LogP contribution is 2.19. The second-order valence-corrected chi connectivity index (χ2v) is 5.70. The minimum absolute atomic E-state index is 0.152. The molecular formula is C17H21N3O3. The van der Waals surface area contributed by atoms with E-state index in [9.17, 15) is 4.79 Å². The molecule has 1 amide bonds. The van der Waals surface area contributed by atoms with Crippen LogP contribution in [0.2, 0.25) is 0 Å². The molecule has 0 aliphatic carbocycles. The molecule has 1 atom stereocenters. The molecule has 1 saturated heterocycles. The van der Waals surface area contributed by atoms with E-state index < -0.39 is 6.04 Å². The second kappa shape index (κ2) is 7.39. The van der Waals surface area contributed by atoms with Gasteiger partial charge >= 0.3 is 0 Å². The molecule has 3 rings (SSSR count). The fourth-order valence-corrected chi connectivity index (χ4v) is 2.69.